The standard InChI is InChI=1S/C19H22N4O2/c1-22-18(25)15-5-3-11-21-17(15)19(22)8-12-23(13-9-19)16(24)7-6-14-4-2-10-20-14/h2-5,10-11,20H,6-9,12-13H2,1H3. The molecule has 4 heterocycles. The number of nitrogens with zero attached hydrogens (tertiary/aromatic N) is 3. The molecule has 1 saturated heterocycles. The maximum Gasteiger partial charge on any atom is 0.256 e. The van der Waals surface area contributed by atoms with E-state index >= 15 is 0 Å². The van der Waals surface area contributed by atoms with Crippen molar-refractivity contribution < 1.29 is 9.59 Å². The summed E-state index contributed by atoms with van der Waals surface area (Å²) in [4.78, 5) is 36.4. The van der Waals surface area contributed by atoms with Crippen molar-refractivity contribution >= 4 is 11.8 Å². The van der Waals surface area contributed by atoms with Gasteiger partial charge in [0.25, 0.3) is 5.91 Å². The van der Waals surface area contributed by atoms with Crippen LogP contribution in [0.15, 0.2) is 36.7 Å². The quantitative estimate of drug-likeness (QED) is 0.930. The molecule has 1 fully saturated rings. The molecule has 0 atom stereocenters. The molecule has 0 saturated carbocycles. The van der Waals surface area contributed by atoms with Gasteiger partial charge in [0.1, 0.15) is 0 Å². The zero-order chi connectivity index (χ0) is 17.4. The van der Waals surface area contributed by atoms with Crippen LogP contribution in [0.25, 0.3) is 0 Å². The fourth-order valence-corrected chi connectivity index (χ4v) is 4.10. The molecule has 1 N–H and O–H groups in total. The van der Waals surface area contributed by atoms with Crippen molar-refractivity contribution in [2.24, 2.45) is 0 Å². The molecule has 2 aliphatic heterocycles. The number of carbonyl (C=O) groups excluding carboxylic acids is 2. The Morgan fingerprint density at radius 2 is 2.08 bits per heavy atom. The highest BCUT2D eigenvalue weighted by Gasteiger charge is 2.50. The zero-order valence-corrected chi connectivity index (χ0v) is 14.4. The van der Waals surface area contributed by atoms with Crippen LogP contribution in [0.3, 0.4) is 0 Å². The van der Waals surface area contributed by atoms with E-state index < -0.39 is 0 Å². The Labute approximate surface area is 146 Å². The summed E-state index contributed by atoms with van der Waals surface area (Å²) in [7, 11) is 1.85. The van der Waals surface area contributed by atoms with E-state index in [2.05, 4.69) is 9.97 Å². The van der Waals surface area contributed by atoms with Crippen molar-refractivity contribution in [2.45, 2.75) is 31.2 Å². The van der Waals surface area contributed by atoms with Gasteiger partial charge in [0.05, 0.1) is 16.8 Å². The molecule has 0 aromatic carbocycles. The smallest absolute Gasteiger partial charge is 0.256 e. The lowest BCUT2D eigenvalue weighted by molar-refractivity contribution is -0.133. The number of aryl methyl sites for hydroxylation is 1. The highest BCUT2D eigenvalue weighted by molar-refractivity contribution is 5.99. The first-order valence-corrected chi connectivity index (χ1v) is 8.75. The van der Waals surface area contributed by atoms with Crippen LogP contribution in [0.2, 0.25) is 0 Å². The van der Waals surface area contributed by atoms with Gasteiger partial charge in [0.2, 0.25) is 5.91 Å². The number of pyridine rings is 1. The maximum atomic E-state index is 12.5. The first-order chi connectivity index (χ1) is 12.1. The second-order valence-electron chi connectivity index (χ2n) is 6.87. The summed E-state index contributed by atoms with van der Waals surface area (Å²) in [6.45, 7) is 1.33. The molecule has 2 aromatic rings. The average molecular weight is 338 g/mol. The maximum absolute atomic E-state index is 12.5. The fraction of sp³-hybridized carbons (Fsp3) is 0.421. The lowest BCUT2D eigenvalue weighted by Crippen LogP contribution is -2.51. The van der Waals surface area contributed by atoms with E-state index in [0.717, 1.165) is 30.7 Å². The molecule has 2 aromatic heterocycles. The Morgan fingerprint density at radius 3 is 2.80 bits per heavy atom. The van der Waals surface area contributed by atoms with Crippen LogP contribution >= 0.6 is 0 Å². The Kier molecular flexibility index (Phi) is 3.82. The number of nitrogens with one attached hydrogen (secondary N) is 1. The van der Waals surface area contributed by atoms with Gasteiger partial charge in [0, 0.05) is 44.6 Å². The van der Waals surface area contributed by atoms with Crippen molar-refractivity contribution in [2.75, 3.05) is 20.1 Å². The molecule has 2 amide bonds. The minimum Gasteiger partial charge on any atom is -0.365 e. The summed E-state index contributed by atoms with van der Waals surface area (Å²) in [5.41, 5.74) is 2.31. The van der Waals surface area contributed by atoms with Gasteiger partial charge in [-0.2, -0.15) is 0 Å². The molecule has 0 unspecified atom stereocenters. The van der Waals surface area contributed by atoms with Crippen LogP contribution in [-0.4, -0.2) is 51.7 Å². The second-order valence-corrected chi connectivity index (χ2v) is 6.87. The van der Waals surface area contributed by atoms with Crippen LogP contribution in [0.5, 0.6) is 0 Å². The van der Waals surface area contributed by atoms with Crippen LogP contribution in [0.4, 0.5) is 0 Å². The third kappa shape index (κ3) is 2.52. The molecule has 2 aliphatic rings. The van der Waals surface area contributed by atoms with Crippen LogP contribution in [0.1, 0.15) is 41.0 Å². The normalized spacial score (nSPS) is 18.7. The predicted molar refractivity (Wildman–Crippen MR) is 92.9 cm³/mol. The lowest BCUT2D eigenvalue weighted by atomic mass is 9.84. The van der Waals surface area contributed by atoms with E-state index in [4.69, 9.17) is 0 Å². The monoisotopic (exact) mass is 338 g/mol. The summed E-state index contributed by atoms with van der Waals surface area (Å²) in [6.07, 6.45) is 6.36. The number of likely N-dealkylation sites (tertiary alicyclic amines) is 1. The van der Waals surface area contributed by atoms with E-state index in [1.54, 1.807) is 6.20 Å². The number of H-pyrrole nitrogens is 1. The highest BCUT2D eigenvalue weighted by Crippen LogP contribution is 2.44. The van der Waals surface area contributed by atoms with Crippen molar-refractivity contribution in [1.82, 2.24) is 19.8 Å². The molecule has 25 heavy (non-hydrogen) atoms. The molecular weight excluding hydrogens is 316 g/mol. The Bertz CT molecular complexity index is 792. The number of rotatable bonds is 3. The lowest BCUT2D eigenvalue weighted by Gasteiger charge is -2.43. The van der Waals surface area contributed by atoms with Gasteiger partial charge < -0.3 is 14.8 Å². The first-order valence-electron chi connectivity index (χ1n) is 8.75. The van der Waals surface area contributed by atoms with E-state index in [1.165, 1.54) is 0 Å². The minimum atomic E-state index is -0.357. The molecule has 0 radical (unpaired) electrons. The van der Waals surface area contributed by atoms with Gasteiger partial charge in [0.15, 0.2) is 0 Å². The Hall–Kier alpha value is -2.63. The number of fused-ring (bicyclic) bond motifs is 2. The van der Waals surface area contributed by atoms with Gasteiger partial charge >= 0.3 is 0 Å². The summed E-state index contributed by atoms with van der Waals surface area (Å²) < 4.78 is 0. The minimum absolute atomic E-state index is 0.0367. The molecule has 0 aliphatic carbocycles. The number of hydrogen-bond donors (Lipinski definition) is 1. The largest absolute Gasteiger partial charge is 0.365 e. The van der Waals surface area contributed by atoms with Crippen LogP contribution < -0.4 is 0 Å². The summed E-state index contributed by atoms with van der Waals surface area (Å²) in [5.74, 6) is 0.215. The third-order valence-corrected chi connectivity index (χ3v) is 5.64. The van der Waals surface area contributed by atoms with Gasteiger partial charge in [-0.05, 0) is 43.5 Å². The molecule has 130 valence electrons. The number of carbonyl (C=O) groups is 2. The van der Waals surface area contributed by atoms with Crippen molar-refractivity contribution in [3.63, 3.8) is 0 Å². The third-order valence-electron chi connectivity index (χ3n) is 5.64. The van der Waals surface area contributed by atoms with Crippen molar-refractivity contribution in [3.05, 3.63) is 53.6 Å². The van der Waals surface area contributed by atoms with Crippen molar-refractivity contribution in [3.8, 4) is 0 Å². The summed E-state index contributed by atoms with van der Waals surface area (Å²) >= 11 is 0. The van der Waals surface area contributed by atoms with Gasteiger partial charge in [-0.3, -0.25) is 14.6 Å². The number of aromatic nitrogens is 2. The number of piperidine rings is 1. The summed E-state index contributed by atoms with van der Waals surface area (Å²) in [5, 5.41) is 0. The molecule has 6 heteroatoms. The summed E-state index contributed by atoms with van der Waals surface area (Å²) in [6, 6.07) is 7.61. The number of amides is 2. The molecule has 6 nitrogen and oxygen atoms in total. The molecule has 1 spiro atoms. The SMILES string of the molecule is CN1C(=O)c2cccnc2C12CCN(C(=O)CCc1ccc[nH]1)CC2. The van der Waals surface area contributed by atoms with E-state index in [-0.39, 0.29) is 17.4 Å². The molecule has 4 rings (SSSR count). The first kappa shape index (κ1) is 15.9. The molecular formula is C19H22N4O2. The Morgan fingerprint density at radius 1 is 1.28 bits per heavy atom. The van der Waals surface area contributed by atoms with Gasteiger partial charge in [-0.1, -0.05) is 0 Å². The van der Waals surface area contributed by atoms with Gasteiger partial charge in [-0.25, -0.2) is 0 Å². The highest BCUT2D eigenvalue weighted by atomic mass is 16.2. The van der Waals surface area contributed by atoms with Crippen LogP contribution in [-0.2, 0) is 16.8 Å². The zero-order valence-electron chi connectivity index (χ0n) is 14.4. The van der Waals surface area contributed by atoms with Crippen molar-refractivity contribution in [1.29, 1.82) is 0 Å². The second kappa shape index (κ2) is 6.02. The van der Waals surface area contributed by atoms with Gasteiger partial charge in [-0.15, -0.1) is 0 Å². The van der Waals surface area contributed by atoms with E-state index in [0.29, 0.717) is 25.1 Å². The number of hydrogen-bond acceptors (Lipinski definition) is 3. The topological polar surface area (TPSA) is 69.3 Å². The molecule has 0 bridgehead atoms. The average Bonchev–Trinajstić information content (AvgIpc) is 3.24. The Balaban J connectivity index is 1.44. The predicted octanol–water partition coefficient (Wildman–Crippen LogP) is 1.95. The van der Waals surface area contributed by atoms with Crippen LogP contribution in [0, 0.1) is 0 Å². The van der Waals surface area contributed by atoms with E-state index in [1.807, 2.05) is 47.3 Å². The van der Waals surface area contributed by atoms with E-state index in [9.17, 15) is 9.59 Å². The number of aromatic amines is 1. The fourth-order valence-electron chi connectivity index (χ4n) is 4.10.